The first-order valence-electron chi connectivity index (χ1n) is 8.31. The van der Waals surface area contributed by atoms with Gasteiger partial charge in [-0.3, -0.25) is 0 Å². The van der Waals surface area contributed by atoms with Crippen LogP contribution in [0, 0.1) is 5.82 Å². The average Bonchev–Trinajstić information content (AvgIpc) is 3.38. The predicted molar refractivity (Wildman–Crippen MR) is 94.4 cm³/mol. The lowest BCUT2D eigenvalue weighted by atomic mass is 10.2. The first-order valence-corrected chi connectivity index (χ1v) is 9.51. The molecule has 1 atom stereocenters. The van der Waals surface area contributed by atoms with Crippen LogP contribution in [0.15, 0.2) is 29.4 Å². The standard InChI is InChI=1S/C17H18ClFN4OS/c1-11-10-24-7-6-23(11)14-8-13(21-16(18)22-14)17(4-5-17)25-15-3-2-12(19)9-20-15/h2-3,8-9,11H,4-7,10H2,1H3/p+1/t11-/m0/s1. The second-order valence-electron chi connectivity index (χ2n) is 6.47. The van der Waals surface area contributed by atoms with Crippen LogP contribution in [0.25, 0.3) is 0 Å². The molecule has 2 aromatic rings. The zero-order chi connectivity index (χ0) is 17.4. The van der Waals surface area contributed by atoms with Gasteiger partial charge in [0.25, 0.3) is 0 Å². The summed E-state index contributed by atoms with van der Waals surface area (Å²) in [4.78, 5) is 14.1. The molecule has 0 radical (unpaired) electrons. The molecule has 0 unspecified atom stereocenters. The van der Waals surface area contributed by atoms with Gasteiger partial charge < -0.3 is 9.64 Å². The van der Waals surface area contributed by atoms with Crippen molar-refractivity contribution in [3.8, 4) is 0 Å². The summed E-state index contributed by atoms with van der Waals surface area (Å²) < 4.78 is 18.5. The van der Waals surface area contributed by atoms with Crippen molar-refractivity contribution in [1.29, 1.82) is 0 Å². The number of nitrogens with one attached hydrogen (secondary N) is 1. The molecule has 5 nitrogen and oxygen atoms in total. The van der Waals surface area contributed by atoms with E-state index in [1.807, 2.05) is 6.07 Å². The highest BCUT2D eigenvalue weighted by atomic mass is 35.5. The molecule has 1 N–H and O–H groups in total. The fourth-order valence-electron chi connectivity index (χ4n) is 3.04. The molecule has 2 aliphatic rings. The second kappa shape index (κ2) is 6.70. The Morgan fingerprint density at radius 3 is 2.92 bits per heavy atom. The maximum atomic E-state index is 13.1. The number of H-pyrrole nitrogens is 1. The molecule has 0 bridgehead atoms. The Balaban J connectivity index is 1.62. The fourth-order valence-corrected chi connectivity index (χ4v) is 4.41. The minimum absolute atomic E-state index is 0.120. The Kier molecular flexibility index (Phi) is 4.56. The number of anilines is 1. The van der Waals surface area contributed by atoms with E-state index < -0.39 is 0 Å². The Labute approximate surface area is 155 Å². The highest BCUT2D eigenvalue weighted by molar-refractivity contribution is 8.00. The third-order valence-corrected chi connectivity index (χ3v) is 6.22. The molecule has 4 rings (SSSR count). The highest BCUT2D eigenvalue weighted by Gasteiger charge is 2.49. The minimum atomic E-state index is -0.275. The number of aromatic amines is 1. The summed E-state index contributed by atoms with van der Waals surface area (Å²) in [5, 5.41) is 1.18. The molecule has 0 amide bonds. The summed E-state index contributed by atoms with van der Waals surface area (Å²) in [7, 11) is 0. The van der Waals surface area contributed by atoms with Crippen LogP contribution in [0.1, 0.15) is 25.5 Å². The van der Waals surface area contributed by atoms with Crippen molar-refractivity contribution >= 4 is 29.2 Å². The summed E-state index contributed by atoms with van der Waals surface area (Å²) in [6.45, 7) is 4.27. The van der Waals surface area contributed by atoms with E-state index in [9.17, 15) is 4.39 Å². The molecule has 2 fully saturated rings. The van der Waals surface area contributed by atoms with Crippen molar-refractivity contribution in [2.45, 2.75) is 35.6 Å². The lowest BCUT2D eigenvalue weighted by Crippen LogP contribution is -2.44. The van der Waals surface area contributed by atoms with Gasteiger partial charge in [0.2, 0.25) is 16.5 Å². The Bertz CT molecular complexity index is 772. The van der Waals surface area contributed by atoms with Crippen LogP contribution < -0.4 is 9.88 Å². The summed E-state index contributed by atoms with van der Waals surface area (Å²) in [5.41, 5.74) is 0.934. The molecule has 2 aromatic heterocycles. The number of morpholine rings is 1. The molecule has 3 heterocycles. The predicted octanol–water partition coefficient (Wildman–Crippen LogP) is 3.09. The van der Waals surface area contributed by atoms with Gasteiger partial charge in [0.05, 0.1) is 29.7 Å². The number of nitrogens with zero attached hydrogens (tertiary/aromatic N) is 3. The van der Waals surface area contributed by atoms with Crippen LogP contribution in [0.4, 0.5) is 10.2 Å². The van der Waals surface area contributed by atoms with E-state index in [0.717, 1.165) is 35.9 Å². The van der Waals surface area contributed by atoms with Crippen molar-refractivity contribution in [3.05, 3.63) is 41.2 Å². The van der Waals surface area contributed by atoms with Crippen molar-refractivity contribution in [3.63, 3.8) is 0 Å². The number of ether oxygens (including phenoxy) is 1. The summed E-state index contributed by atoms with van der Waals surface area (Å²) >= 11 is 7.90. The van der Waals surface area contributed by atoms with Gasteiger partial charge >= 0.3 is 0 Å². The molecular weight excluding hydrogens is 363 g/mol. The maximum absolute atomic E-state index is 13.1. The Morgan fingerprint density at radius 2 is 2.24 bits per heavy atom. The number of hydrogen-bond acceptors (Lipinski definition) is 5. The lowest BCUT2D eigenvalue weighted by molar-refractivity contribution is -0.429. The van der Waals surface area contributed by atoms with Crippen molar-refractivity contribution in [1.82, 2.24) is 9.97 Å². The molecule has 0 spiro atoms. The van der Waals surface area contributed by atoms with E-state index in [2.05, 4.69) is 26.8 Å². The van der Waals surface area contributed by atoms with Gasteiger partial charge in [-0.05, 0) is 49.2 Å². The summed E-state index contributed by atoms with van der Waals surface area (Å²) in [6.07, 6.45) is 3.38. The van der Waals surface area contributed by atoms with Gasteiger partial charge in [-0.15, -0.1) is 0 Å². The number of hydrogen-bond donors (Lipinski definition) is 0. The zero-order valence-corrected chi connectivity index (χ0v) is 15.4. The van der Waals surface area contributed by atoms with Gasteiger partial charge in [0, 0.05) is 18.7 Å². The third kappa shape index (κ3) is 3.59. The Hall–Kier alpha value is -1.44. The van der Waals surface area contributed by atoms with E-state index >= 15 is 0 Å². The largest absolute Gasteiger partial charge is 0.377 e. The van der Waals surface area contributed by atoms with Crippen molar-refractivity contribution in [2.24, 2.45) is 0 Å². The van der Waals surface area contributed by atoms with Crippen molar-refractivity contribution in [2.75, 3.05) is 24.7 Å². The van der Waals surface area contributed by atoms with Gasteiger partial charge in [-0.2, -0.15) is 0 Å². The maximum Gasteiger partial charge on any atom is 0.239 e. The number of rotatable bonds is 4. The molecule has 1 saturated carbocycles. The highest BCUT2D eigenvalue weighted by Crippen LogP contribution is 2.58. The van der Waals surface area contributed by atoms with E-state index in [4.69, 9.17) is 16.3 Å². The van der Waals surface area contributed by atoms with E-state index in [1.165, 1.54) is 12.3 Å². The lowest BCUT2D eigenvalue weighted by Gasteiger charge is -2.34. The van der Waals surface area contributed by atoms with Crippen molar-refractivity contribution < 1.29 is 14.1 Å². The molecule has 8 heteroatoms. The number of halogens is 2. The van der Waals surface area contributed by atoms with E-state index in [1.54, 1.807) is 17.8 Å². The fraction of sp³-hybridized carbons (Fsp3) is 0.471. The van der Waals surface area contributed by atoms with E-state index in [0.29, 0.717) is 13.2 Å². The SMILES string of the molecule is C[C@H]1COCCN1c1cc(C2(Sc3ccc(F)c[nH+]3)CC2)nc(Cl)n1. The van der Waals surface area contributed by atoms with Crippen LogP contribution >= 0.6 is 23.4 Å². The molecule has 1 aliphatic heterocycles. The molecule has 0 aromatic carbocycles. The average molecular weight is 382 g/mol. The Morgan fingerprint density at radius 1 is 1.40 bits per heavy atom. The minimum Gasteiger partial charge on any atom is -0.377 e. The number of aromatic nitrogens is 3. The molecule has 1 saturated heterocycles. The smallest absolute Gasteiger partial charge is 0.239 e. The van der Waals surface area contributed by atoms with E-state index in [-0.39, 0.29) is 21.9 Å². The normalized spacial score (nSPS) is 22.0. The summed E-state index contributed by atoms with van der Waals surface area (Å²) in [6, 6.07) is 5.51. The monoisotopic (exact) mass is 381 g/mol. The quantitative estimate of drug-likeness (QED) is 0.762. The first-order chi connectivity index (χ1) is 12.1. The molecule has 25 heavy (non-hydrogen) atoms. The number of thioether (sulfide) groups is 1. The van der Waals surface area contributed by atoms with Crippen LogP contribution in [-0.4, -0.2) is 35.8 Å². The van der Waals surface area contributed by atoms with Crippen LogP contribution in [0.5, 0.6) is 0 Å². The zero-order valence-electron chi connectivity index (χ0n) is 13.8. The molecular formula is C17H19ClFN4OS+. The van der Waals surface area contributed by atoms with Crippen LogP contribution in [0.2, 0.25) is 5.28 Å². The first kappa shape index (κ1) is 17.0. The summed E-state index contributed by atoms with van der Waals surface area (Å²) in [5.74, 6) is 0.573. The topological polar surface area (TPSA) is 52.4 Å². The molecule has 132 valence electrons. The van der Waals surface area contributed by atoms with Gasteiger partial charge in [-0.25, -0.2) is 19.3 Å². The third-order valence-electron chi connectivity index (χ3n) is 4.57. The van der Waals surface area contributed by atoms with Crippen LogP contribution in [-0.2, 0) is 9.48 Å². The van der Waals surface area contributed by atoms with Gasteiger partial charge in [-0.1, -0.05) is 0 Å². The molecule has 1 aliphatic carbocycles. The van der Waals surface area contributed by atoms with Gasteiger partial charge in [0.1, 0.15) is 5.82 Å². The van der Waals surface area contributed by atoms with Gasteiger partial charge in [0.15, 0.2) is 5.82 Å². The number of pyridine rings is 1. The second-order valence-corrected chi connectivity index (χ2v) is 8.23. The van der Waals surface area contributed by atoms with Crippen LogP contribution in [0.3, 0.4) is 0 Å².